The van der Waals surface area contributed by atoms with Crippen molar-refractivity contribution in [1.29, 1.82) is 0 Å². The van der Waals surface area contributed by atoms with Gasteiger partial charge >= 0.3 is 5.97 Å². The van der Waals surface area contributed by atoms with Crippen molar-refractivity contribution in [1.82, 2.24) is 0 Å². The minimum atomic E-state index is -0.445. The largest absolute Gasteiger partial charge is 0.465 e. The van der Waals surface area contributed by atoms with Gasteiger partial charge in [0, 0.05) is 6.07 Å². The number of esters is 1. The Kier molecular flexibility index (Phi) is 4.54. The van der Waals surface area contributed by atoms with E-state index < -0.39 is 5.82 Å². The van der Waals surface area contributed by atoms with Crippen LogP contribution < -0.4 is 11.1 Å². The van der Waals surface area contributed by atoms with E-state index in [1.807, 2.05) is 0 Å². The second-order valence-electron chi connectivity index (χ2n) is 3.01. The summed E-state index contributed by atoms with van der Waals surface area (Å²) in [6, 6.07) is 2.65. The van der Waals surface area contributed by atoms with Crippen LogP contribution in [0.25, 0.3) is 0 Å². The molecular weight excluding hydrogens is 279 g/mol. The Labute approximate surface area is 101 Å². The van der Waals surface area contributed by atoms with E-state index in [-0.39, 0.29) is 22.7 Å². The molecule has 0 aromatic heterocycles. The van der Waals surface area contributed by atoms with Crippen LogP contribution in [0.5, 0.6) is 0 Å². The Hall–Kier alpha value is -1.30. The summed E-state index contributed by atoms with van der Waals surface area (Å²) in [7, 11) is 0. The van der Waals surface area contributed by atoms with Gasteiger partial charge in [0.15, 0.2) is 0 Å². The molecule has 0 bridgehead atoms. The van der Waals surface area contributed by atoms with Crippen molar-refractivity contribution in [3.8, 4) is 0 Å². The lowest BCUT2D eigenvalue weighted by Gasteiger charge is -2.09. The minimum absolute atomic E-state index is 0.00386. The molecule has 0 unspecified atom stereocenters. The third-order valence-electron chi connectivity index (χ3n) is 1.82. The Morgan fingerprint density at radius 3 is 2.94 bits per heavy atom. The molecule has 4 nitrogen and oxygen atoms in total. The predicted molar refractivity (Wildman–Crippen MR) is 63.6 cm³/mol. The second kappa shape index (κ2) is 5.69. The molecule has 0 heterocycles. The number of hydrogen-bond acceptors (Lipinski definition) is 4. The first-order valence-corrected chi connectivity index (χ1v) is 5.48. The van der Waals surface area contributed by atoms with Crippen molar-refractivity contribution in [2.24, 2.45) is 0 Å². The van der Waals surface area contributed by atoms with Crippen molar-refractivity contribution < 1.29 is 13.9 Å². The van der Waals surface area contributed by atoms with E-state index in [9.17, 15) is 9.18 Å². The molecule has 0 amide bonds. The minimum Gasteiger partial charge on any atom is -0.465 e. The van der Waals surface area contributed by atoms with Gasteiger partial charge in [-0.15, -0.1) is 0 Å². The lowest BCUT2D eigenvalue weighted by Crippen LogP contribution is -2.17. The molecule has 0 spiro atoms. The number of nitrogens with two attached hydrogens (primary N) is 1. The summed E-state index contributed by atoms with van der Waals surface area (Å²) >= 11 is 3.03. The smallest absolute Gasteiger partial charge is 0.325 e. The van der Waals surface area contributed by atoms with Gasteiger partial charge in [-0.3, -0.25) is 4.79 Å². The van der Waals surface area contributed by atoms with Crippen LogP contribution >= 0.6 is 15.9 Å². The fourth-order valence-electron chi connectivity index (χ4n) is 1.09. The normalized spacial score (nSPS) is 9.94. The number of carbonyl (C=O) groups is 1. The third-order valence-corrected chi connectivity index (χ3v) is 2.43. The number of anilines is 2. The first-order chi connectivity index (χ1) is 7.54. The maximum Gasteiger partial charge on any atom is 0.325 e. The van der Waals surface area contributed by atoms with Crippen LogP contribution in [0.4, 0.5) is 15.8 Å². The van der Waals surface area contributed by atoms with Gasteiger partial charge in [0.25, 0.3) is 0 Å². The molecular formula is C10H12BrFN2O2. The standard InChI is InChI=1S/C10H12BrFN2O2/c1-2-16-10(15)5-14-9-3-6(11)7(12)4-8(9)13/h3-4,14H,2,5,13H2,1H3. The van der Waals surface area contributed by atoms with Crippen LogP contribution in [0.15, 0.2) is 16.6 Å². The molecule has 0 atom stereocenters. The Bertz CT molecular complexity index is 399. The van der Waals surface area contributed by atoms with Gasteiger partial charge in [-0.25, -0.2) is 4.39 Å². The molecule has 16 heavy (non-hydrogen) atoms. The van der Waals surface area contributed by atoms with Crippen LogP contribution in [0.3, 0.4) is 0 Å². The molecule has 0 saturated heterocycles. The van der Waals surface area contributed by atoms with Crippen LogP contribution in [-0.4, -0.2) is 19.1 Å². The lowest BCUT2D eigenvalue weighted by molar-refractivity contribution is -0.140. The number of nitrogens with one attached hydrogen (secondary N) is 1. The van der Waals surface area contributed by atoms with Crippen molar-refractivity contribution in [3.63, 3.8) is 0 Å². The Morgan fingerprint density at radius 2 is 2.31 bits per heavy atom. The zero-order valence-electron chi connectivity index (χ0n) is 8.72. The SMILES string of the molecule is CCOC(=O)CNc1cc(Br)c(F)cc1N. The molecule has 0 fully saturated rings. The molecule has 6 heteroatoms. The molecule has 1 rings (SSSR count). The molecule has 0 radical (unpaired) electrons. The molecule has 0 aliphatic rings. The van der Waals surface area contributed by atoms with E-state index in [2.05, 4.69) is 21.2 Å². The fraction of sp³-hybridized carbons (Fsp3) is 0.300. The summed E-state index contributed by atoms with van der Waals surface area (Å²) < 4.78 is 18.0. The van der Waals surface area contributed by atoms with Crippen LogP contribution in [0, 0.1) is 5.82 Å². The van der Waals surface area contributed by atoms with E-state index >= 15 is 0 Å². The molecule has 0 aliphatic carbocycles. The highest BCUT2D eigenvalue weighted by Crippen LogP contribution is 2.26. The molecule has 0 aliphatic heterocycles. The van der Waals surface area contributed by atoms with Gasteiger partial charge in [-0.1, -0.05) is 0 Å². The highest BCUT2D eigenvalue weighted by Gasteiger charge is 2.07. The summed E-state index contributed by atoms with van der Waals surface area (Å²) in [4.78, 5) is 11.1. The summed E-state index contributed by atoms with van der Waals surface area (Å²) in [5, 5.41) is 2.77. The van der Waals surface area contributed by atoms with Gasteiger partial charge < -0.3 is 15.8 Å². The van der Waals surface area contributed by atoms with E-state index in [1.165, 1.54) is 12.1 Å². The monoisotopic (exact) mass is 290 g/mol. The topological polar surface area (TPSA) is 64.3 Å². The highest BCUT2D eigenvalue weighted by atomic mass is 79.9. The summed E-state index contributed by atoms with van der Waals surface area (Å²) in [5.41, 5.74) is 6.30. The average molecular weight is 291 g/mol. The van der Waals surface area contributed by atoms with Gasteiger partial charge in [-0.2, -0.15) is 0 Å². The van der Waals surface area contributed by atoms with Crippen molar-refractivity contribution in [2.45, 2.75) is 6.92 Å². The Balaban J connectivity index is 2.67. The van der Waals surface area contributed by atoms with Gasteiger partial charge in [0.2, 0.25) is 0 Å². The average Bonchev–Trinajstić information content (AvgIpc) is 2.22. The number of halogens is 2. The highest BCUT2D eigenvalue weighted by molar-refractivity contribution is 9.10. The van der Waals surface area contributed by atoms with E-state index in [4.69, 9.17) is 10.5 Å². The van der Waals surface area contributed by atoms with Crippen LogP contribution in [0.2, 0.25) is 0 Å². The molecule has 1 aromatic rings. The predicted octanol–water partition coefficient (Wildman–Crippen LogP) is 2.15. The number of benzene rings is 1. The summed E-state index contributed by atoms with van der Waals surface area (Å²) in [6.45, 7) is 2.04. The molecule has 1 aromatic carbocycles. The molecule has 3 N–H and O–H groups in total. The van der Waals surface area contributed by atoms with Crippen LogP contribution in [-0.2, 0) is 9.53 Å². The molecule has 88 valence electrons. The quantitative estimate of drug-likeness (QED) is 0.659. The zero-order valence-corrected chi connectivity index (χ0v) is 10.3. The number of nitrogen functional groups attached to an aromatic ring is 1. The fourth-order valence-corrected chi connectivity index (χ4v) is 1.44. The van der Waals surface area contributed by atoms with Crippen molar-refractivity contribution >= 4 is 33.3 Å². The van der Waals surface area contributed by atoms with Crippen molar-refractivity contribution in [2.75, 3.05) is 24.2 Å². The Morgan fingerprint density at radius 1 is 1.62 bits per heavy atom. The summed E-state index contributed by atoms with van der Waals surface area (Å²) in [6.07, 6.45) is 0. The number of carbonyl (C=O) groups excluding carboxylic acids is 1. The van der Waals surface area contributed by atoms with Gasteiger partial charge in [0.1, 0.15) is 12.4 Å². The van der Waals surface area contributed by atoms with E-state index in [0.29, 0.717) is 12.3 Å². The van der Waals surface area contributed by atoms with E-state index in [1.54, 1.807) is 6.92 Å². The summed E-state index contributed by atoms with van der Waals surface area (Å²) in [5.74, 6) is -0.832. The van der Waals surface area contributed by atoms with E-state index in [0.717, 1.165) is 0 Å². The van der Waals surface area contributed by atoms with Crippen LogP contribution in [0.1, 0.15) is 6.92 Å². The third kappa shape index (κ3) is 3.37. The lowest BCUT2D eigenvalue weighted by atomic mass is 10.2. The van der Waals surface area contributed by atoms with Gasteiger partial charge in [-0.05, 0) is 28.9 Å². The second-order valence-corrected chi connectivity index (χ2v) is 3.87. The number of rotatable bonds is 4. The maximum atomic E-state index is 13.0. The molecule has 0 saturated carbocycles. The maximum absolute atomic E-state index is 13.0. The number of ether oxygens (including phenoxy) is 1. The first-order valence-electron chi connectivity index (χ1n) is 4.68. The van der Waals surface area contributed by atoms with Gasteiger partial charge in [0.05, 0.1) is 22.5 Å². The number of hydrogen-bond donors (Lipinski definition) is 2. The van der Waals surface area contributed by atoms with Crippen molar-refractivity contribution in [3.05, 3.63) is 22.4 Å². The zero-order chi connectivity index (χ0) is 12.1. The first kappa shape index (κ1) is 12.8.